The number of amides is 1. The number of methoxy groups -OCH3 is 1. The van der Waals surface area contributed by atoms with E-state index in [0.29, 0.717) is 0 Å². The molecular weight excluding hydrogens is 230 g/mol. The molecule has 4 heteroatoms. The van der Waals surface area contributed by atoms with E-state index in [0.717, 1.165) is 24.4 Å². The van der Waals surface area contributed by atoms with Crippen molar-refractivity contribution in [1.29, 1.82) is 0 Å². The first kappa shape index (κ1) is 12.9. The van der Waals surface area contributed by atoms with Crippen LogP contribution >= 0.6 is 0 Å². The fraction of sp³-hybridized carbons (Fsp3) is 0.500. The minimum Gasteiger partial charge on any atom is -0.497 e. The molecule has 1 fully saturated rings. The quantitative estimate of drug-likeness (QED) is 0.750. The van der Waals surface area contributed by atoms with Crippen molar-refractivity contribution in [2.45, 2.75) is 26.1 Å². The summed E-state index contributed by atoms with van der Waals surface area (Å²) in [5.74, 6) is 0.895. The molecule has 1 amide bonds. The van der Waals surface area contributed by atoms with E-state index in [1.807, 2.05) is 38.1 Å². The molecule has 0 spiro atoms. The Morgan fingerprint density at radius 1 is 1.28 bits per heavy atom. The number of hydrogen-bond acceptors (Lipinski definition) is 3. The van der Waals surface area contributed by atoms with Crippen LogP contribution in [0.5, 0.6) is 5.75 Å². The molecule has 0 bridgehead atoms. The molecule has 0 aliphatic carbocycles. The zero-order chi connectivity index (χ0) is 13.1. The lowest BCUT2D eigenvalue weighted by molar-refractivity contribution is -0.132. The Balaban J connectivity index is 1.99. The number of benzene rings is 1. The van der Waals surface area contributed by atoms with Gasteiger partial charge in [-0.15, -0.1) is 0 Å². The van der Waals surface area contributed by atoms with E-state index in [1.165, 1.54) is 0 Å². The second-order valence-corrected chi connectivity index (χ2v) is 4.26. The van der Waals surface area contributed by atoms with Gasteiger partial charge in [0, 0.05) is 13.1 Å². The first-order chi connectivity index (χ1) is 8.71. The third-order valence-electron chi connectivity index (χ3n) is 3.25. The van der Waals surface area contributed by atoms with E-state index < -0.39 is 0 Å². The SMILES string of the molecule is CCN(CC)C(=O)[C@@H]1O[C@@H]1c1ccc(OC)cc1. The van der Waals surface area contributed by atoms with E-state index in [9.17, 15) is 4.79 Å². The fourth-order valence-corrected chi connectivity index (χ4v) is 2.06. The Kier molecular flexibility index (Phi) is 3.87. The lowest BCUT2D eigenvalue weighted by atomic mass is 10.1. The molecule has 1 aliphatic rings. The van der Waals surface area contributed by atoms with Crippen molar-refractivity contribution in [2.75, 3.05) is 20.2 Å². The van der Waals surface area contributed by atoms with Crippen LogP contribution in [0.1, 0.15) is 25.5 Å². The molecule has 4 nitrogen and oxygen atoms in total. The van der Waals surface area contributed by atoms with Gasteiger partial charge < -0.3 is 14.4 Å². The molecule has 1 heterocycles. The van der Waals surface area contributed by atoms with Crippen LogP contribution in [-0.2, 0) is 9.53 Å². The summed E-state index contributed by atoms with van der Waals surface area (Å²) in [5, 5.41) is 0. The van der Waals surface area contributed by atoms with Gasteiger partial charge in [0.05, 0.1) is 7.11 Å². The number of hydrogen-bond donors (Lipinski definition) is 0. The van der Waals surface area contributed by atoms with Crippen LogP contribution in [0.2, 0.25) is 0 Å². The van der Waals surface area contributed by atoms with Crippen LogP contribution < -0.4 is 4.74 Å². The largest absolute Gasteiger partial charge is 0.497 e. The van der Waals surface area contributed by atoms with Gasteiger partial charge in [-0.3, -0.25) is 4.79 Å². The summed E-state index contributed by atoms with van der Waals surface area (Å²) in [6.07, 6.45) is -0.401. The molecule has 98 valence electrons. The highest BCUT2D eigenvalue weighted by atomic mass is 16.6. The molecule has 1 aliphatic heterocycles. The van der Waals surface area contributed by atoms with Crippen LogP contribution in [-0.4, -0.2) is 37.1 Å². The summed E-state index contributed by atoms with van der Waals surface area (Å²) in [6.45, 7) is 5.41. The van der Waals surface area contributed by atoms with Crippen LogP contribution in [0.15, 0.2) is 24.3 Å². The normalized spacial score (nSPS) is 21.5. The number of epoxide rings is 1. The predicted octanol–water partition coefficient (Wildman–Crippen LogP) is 2.00. The minimum atomic E-state index is -0.307. The molecular formula is C14H19NO3. The molecule has 1 saturated heterocycles. The van der Waals surface area contributed by atoms with Crippen LogP contribution in [0.25, 0.3) is 0 Å². The number of nitrogens with zero attached hydrogens (tertiary/aromatic N) is 1. The van der Waals surface area contributed by atoms with Gasteiger partial charge in [-0.05, 0) is 31.5 Å². The third kappa shape index (κ3) is 2.48. The standard InChI is InChI=1S/C14H19NO3/c1-4-15(5-2)14(16)13-12(18-13)10-6-8-11(17-3)9-7-10/h6-9,12-13H,4-5H2,1-3H3/t12-,13-/m1/s1. The smallest absolute Gasteiger partial charge is 0.254 e. The lowest BCUT2D eigenvalue weighted by Gasteiger charge is -2.17. The van der Waals surface area contributed by atoms with Gasteiger partial charge in [0.2, 0.25) is 0 Å². The van der Waals surface area contributed by atoms with E-state index in [2.05, 4.69) is 0 Å². The Bertz CT molecular complexity index is 412. The number of ether oxygens (including phenoxy) is 2. The van der Waals surface area contributed by atoms with Gasteiger partial charge in [0.1, 0.15) is 11.9 Å². The Labute approximate surface area is 107 Å². The van der Waals surface area contributed by atoms with E-state index in [1.54, 1.807) is 12.0 Å². The van der Waals surface area contributed by atoms with Crippen molar-refractivity contribution in [3.8, 4) is 5.75 Å². The second-order valence-electron chi connectivity index (χ2n) is 4.26. The van der Waals surface area contributed by atoms with E-state index in [4.69, 9.17) is 9.47 Å². The fourth-order valence-electron chi connectivity index (χ4n) is 2.06. The first-order valence-corrected chi connectivity index (χ1v) is 6.29. The highest BCUT2D eigenvalue weighted by Crippen LogP contribution is 2.40. The topological polar surface area (TPSA) is 42.1 Å². The number of carbonyl (C=O) groups excluding carboxylic acids is 1. The highest BCUT2D eigenvalue weighted by molar-refractivity contribution is 5.84. The van der Waals surface area contributed by atoms with Crippen molar-refractivity contribution < 1.29 is 14.3 Å². The van der Waals surface area contributed by atoms with E-state index in [-0.39, 0.29) is 18.1 Å². The summed E-state index contributed by atoms with van der Waals surface area (Å²) >= 11 is 0. The van der Waals surface area contributed by atoms with Crippen molar-refractivity contribution in [2.24, 2.45) is 0 Å². The molecule has 0 N–H and O–H groups in total. The zero-order valence-corrected chi connectivity index (χ0v) is 11.1. The Morgan fingerprint density at radius 2 is 1.89 bits per heavy atom. The average molecular weight is 249 g/mol. The van der Waals surface area contributed by atoms with Crippen molar-refractivity contribution in [3.05, 3.63) is 29.8 Å². The van der Waals surface area contributed by atoms with Crippen molar-refractivity contribution in [1.82, 2.24) is 4.90 Å². The van der Waals surface area contributed by atoms with Gasteiger partial charge in [0.15, 0.2) is 6.10 Å². The van der Waals surface area contributed by atoms with Gasteiger partial charge in [-0.1, -0.05) is 12.1 Å². The highest BCUT2D eigenvalue weighted by Gasteiger charge is 2.47. The summed E-state index contributed by atoms with van der Waals surface area (Å²) in [7, 11) is 1.63. The van der Waals surface area contributed by atoms with E-state index >= 15 is 0 Å². The van der Waals surface area contributed by atoms with Gasteiger partial charge >= 0.3 is 0 Å². The summed E-state index contributed by atoms with van der Waals surface area (Å²) in [6, 6.07) is 7.66. The number of rotatable bonds is 5. The summed E-state index contributed by atoms with van der Waals surface area (Å²) in [4.78, 5) is 13.9. The zero-order valence-electron chi connectivity index (χ0n) is 11.1. The Morgan fingerprint density at radius 3 is 2.39 bits per heavy atom. The molecule has 2 rings (SSSR count). The van der Waals surface area contributed by atoms with Gasteiger partial charge in [0.25, 0.3) is 5.91 Å². The number of likely N-dealkylation sites (N-methyl/N-ethyl adjacent to an activating group) is 1. The molecule has 1 aromatic carbocycles. The maximum absolute atomic E-state index is 12.1. The van der Waals surface area contributed by atoms with Crippen LogP contribution in [0.4, 0.5) is 0 Å². The Hall–Kier alpha value is -1.55. The first-order valence-electron chi connectivity index (χ1n) is 6.29. The third-order valence-corrected chi connectivity index (χ3v) is 3.25. The number of carbonyl (C=O) groups is 1. The molecule has 0 saturated carbocycles. The summed E-state index contributed by atoms with van der Waals surface area (Å²) in [5.41, 5.74) is 1.03. The van der Waals surface area contributed by atoms with Gasteiger partial charge in [-0.25, -0.2) is 0 Å². The monoisotopic (exact) mass is 249 g/mol. The minimum absolute atomic E-state index is 0.0841. The molecule has 0 unspecified atom stereocenters. The lowest BCUT2D eigenvalue weighted by Crippen LogP contribution is -2.34. The van der Waals surface area contributed by atoms with Crippen molar-refractivity contribution in [3.63, 3.8) is 0 Å². The van der Waals surface area contributed by atoms with Crippen LogP contribution in [0, 0.1) is 0 Å². The van der Waals surface area contributed by atoms with Gasteiger partial charge in [-0.2, -0.15) is 0 Å². The second kappa shape index (κ2) is 5.40. The molecule has 2 atom stereocenters. The molecule has 18 heavy (non-hydrogen) atoms. The van der Waals surface area contributed by atoms with Crippen molar-refractivity contribution >= 4 is 5.91 Å². The predicted molar refractivity (Wildman–Crippen MR) is 68.5 cm³/mol. The maximum atomic E-state index is 12.1. The summed E-state index contributed by atoms with van der Waals surface area (Å²) < 4.78 is 10.6. The molecule has 0 radical (unpaired) electrons. The maximum Gasteiger partial charge on any atom is 0.254 e. The molecule has 0 aromatic heterocycles. The van der Waals surface area contributed by atoms with Crippen LogP contribution in [0.3, 0.4) is 0 Å². The average Bonchev–Trinajstić information content (AvgIpc) is 3.20. The molecule has 1 aromatic rings.